The molecule has 0 spiro atoms. The van der Waals surface area contributed by atoms with Crippen LogP contribution in [0.4, 0.5) is 0 Å². The molecule has 2 bridgehead atoms. The Morgan fingerprint density at radius 3 is 2.07 bits per heavy atom. The lowest BCUT2D eigenvalue weighted by molar-refractivity contribution is -0.145. The highest BCUT2D eigenvalue weighted by molar-refractivity contribution is 9.10. The number of carbonyl (C=O) groups excluding carboxylic acids is 3. The van der Waals surface area contributed by atoms with Crippen molar-refractivity contribution in [3.8, 4) is 5.75 Å². The molecule has 1 aliphatic heterocycles. The van der Waals surface area contributed by atoms with Crippen LogP contribution < -0.4 is 4.74 Å². The van der Waals surface area contributed by atoms with Gasteiger partial charge >= 0.3 is 5.97 Å². The molecule has 146 valence electrons. The minimum Gasteiger partial charge on any atom is -0.426 e. The zero-order chi connectivity index (χ0) is 19.4. The van der Waals surface area contributed by atoms with Gasteiger partial charge in [-0.2, -0.15) is 0 Å². The Kier molecular flexibility index (Phi) is 4.42. The maximum atomic E-state index is 12.9. The fourth-order valence-corrected chi connectivity index (χ4v) is 5.82. The Bertz CT molecular complexity index is 826. The molecular formula is C22H22BrNO4. The van der Waals surface area contributed by atoms with E-state index in [1.54, 1.807) is 17.0 Å². The highest BCUT2D eigenvalue weighted by atomic mass is 79.9. The molecule has 0 unspecified atom stereocenters. The Morgan fingerprint density at radius 1 is 0.929 bits per heavy atom. The number of allylic oxidation sites excluding steroid dienone is 2. The molecule has 4 aliphatic rings. The van der Waals surface area contributed by atoms with Gasteiger partial charge in [-0.25, -0.2) is 0 Å². The Morgan fingerprint density at radius 2 is 1.50 bits per heavy atom. The number of amides is 2. The summed E-state index contributed by atoms with van der Waals surface area (Å²) < 4.78 is 6.42. The first-order chi connectivity index (χ1) is 13.5. The molecule has 5 nitrogen and oxygen atoms in total. The van der Waals surface area contributed by atoms with Gasteiger partial charge in [0.25, 0.3) is 0 Å². The Balaban J connectivity index is 1.21. The summed E-state index contributed by atoms with van der Waals surface area (Å²) in [5.41, 5.74) is 0. The number of halogens is 1. The van der Waals surface area contributed by atoms with E-state index in [0.717, 1.165) is 10.9 Å². The molecule has 6 heteroatoms. The number of esters is 1. The van der Waals surface area contributed by atoms with Crippen LogP contribution in [0.3, 0.4) is 0 Å². The van der Waals surface area contributed by atoms with E-state index in [-0.39, 0.29) is 53.4 Å². The monoisotopic (exact) mass is 443 g/mol. The molecule has 5 rings (SSSR count). The molecule has 1 aromatic rings. The van der Waals surface area contributed by atoms with E-state index in [4.69, 9.17) is 4.74 Å². The summed E-state index contributed by atoms with van der Waals surface area (Å²) >= 11 is 3.36. The Labute approximate surface area is 172 Å². The zero-order valence-corrected chi connectivity index (χ0v) is 17.0. The number of hydrogen-bond donors (Lipinski definition) is 0. The van der Waals surface area contributed by atoms with Crippen LogP contribution in [0.2, 0.25) is 0 Å². The normalized spacial score (nSPS) is 36.1. The predicted molar refractivity (Wildman–Crippen MR) is 105 cm³/mol. The van der Waals surface area contributed by atoms with Gasteiger partial charge in [-0.15, -0.1) is 0 Å². The van der Waals surface area contributed by atoms with Crippen LogP contribution in [0.15, 0.2) is 40.9 Å². The summed E-state index contributed by atoms with van der Waals surface area (Å²) in [5.74, 6) is 0.396. The maximum Gasteiger partial charge on any atom is 0.314 e. The van der Waals surface area contributed by atoms with Gasteiger partial charge in [-0.05, 0) is 68.2 Å². The van der Waals surface area contributed by atoms with E-state index in [2.05, 4.69) is 28.1 Å². The third-order valence-corrected chi connectivity index (χ3v) is 7.46. The number of rotatable bonds is 3. The van der Waals surface area contributed by atoms with Crippen molar-refractivity contribution in [2.24, 2.45) is 29.6 Å². The van der Waals surface area contributed by atoms with Crippen LogP contribution in [-0.2, 0) is 14.4 Å². The van der Waals surface area contributed by atoms with Crippen molar-refractivity contribution in [3.05, 3.63) is 40.9 Å². The van der Waals surface area contributed by atoms with Crippen molar-refractivity contribution < 1.29 is 19.1 Å². The van der Waals surface area contributed by atoms with Crippen molar-refractivity contribution in [2.45, 2.75) is 38.1 Å². The van der Waals surface area contributed by atoms with E-state index in [1.807, 2.05) is 12.1 Å². The Hall–Kier alpha value is -1.95. The average Bonchev–Trinajstić information content (AvgIpc) is 3.38. The van der Waals surface area contributed by atoms with Crippen molar-refractivity contribution in [1.29, 1.82) is 0 Å². The quantitative estimate of drug-likeness (QED) is 0.309. The van der Waals surface area contributed by atoms with E-state index >= 15 is 0 Å². The van der Waals surface area contributed by atoms with Crippen LogP contribution >= 0.6 is 15.9 Å². The summed E-state index contributed by atoms with van der Waals surface area (Å²) in [5, 5.41) is 0. The first-order valence-electron chi connectivity index (χ1n) is 10.1. The van der Waals surface area contributed by atoms with Gasteiger partial charge in [0.05, 0.1) is 17.8 Å². The highest BCUT2D eigenvalue weighted by Crippen LogP contribution is 2.53. The molecule has 2 saturated carbocycles. The number of fused-ring (bicyclic) bond motifs is 5. The summed E-state index contributed by atoms with van der Waals surface area (Å²) in [6.45, 7) is 0. The molecule has 1 heterocycles. The van der Waals surface area contributed by atoms with E-state index in [0.29, 0.717) is 31.4 Å². The summed E-state index contributed by atoms with van der Waals surface area (Å²) in [7, 11) is 0. The summed E-state index contributed by atoms with van der Waals surface area (Å²) in [6, 6.07) is 7.13. The smallest absolute Gasteiger partial charge is 0.314 e. The van der Waals surface area contributed by atoms with Crippen LogP contribution in [0.1, 0.15) is 32.1 Å². The second-order valence-corrected chi connectivity index (χ2v) is 9.34. The first kappa shape index (κ1) is 18.1. The van der Waals surface area contributed by atoms with E-state index in [9.17, 15) is 14.4 Å². The third-order valence-electron chi connectivity index (χ3n) is 6.93. The van der Waals surface area contributed by atoms with Crippen LogP contribution in [-0.4, -0.2) is 28.7 Å². The van der Waals surface area contributed by atoms with Gasteiger partial charge < -0.3 is 4.74 Å². The second kappa shape index (κ2) is 6.83. The lowest BCUT2D eigenvalue weighted by Gasteiger charge is -2.33. The van der Waals surface area contributed by atoms with Gasteiger partial charge in [-0.3, -0.25) is 19.3 Å². The number of imide groups is 1. The minimum absolute atomic E-state index is 0.0211. The molecule has 4 atom stereocenters. The van der Waals surface area contributed by atoms with E-state index < -0.39 is 0 Å². The lowest BCUT2D eigenvalue weighted by Crippen LogP contribution is -2.44. The fraction of sp³-hybridized carbons (Fsp3) is 0.500. The highest BCUT2D eigenvalue weighted by Gasteiger charge is 2.60. The maximum absolute atomic E-state index is 12.9. The number of likely N-dealkylation sites (tertiary alicyclic amines) is 1. The molecule has 3 aliphatic carbocycles. The molecule has 2 amide bonds. The lowest BCUT2D eigenvalue weighted by atomic mass is 9.85. The van der Waals surface area contributed by atoms with E-state index in [1.165, 1.54) is 0 Å². The van der Waals surface area contributed by atoms with Gasteiger partial charge in [0.2, 0.25) is 11.8 Å². The van der Waals surface area contributed by atoms with Crippen LogP contribution in [0.25, 0.3) is 0 Å². The van der Waals surface area contributed by atoms with Crippen molar-refractivity contribution in [3.63, 3.8) is 0 Å². The standard InChI is InChI=1S/C22H22BrNO4/c23-15-5-9-17(10-6-15)28-22(27)12-3-7-16(8-4-12)24-20(25)18-13-1-2-14(11-13)19(18)21(24)26/h1-2,5-6,9-10,12-14,16,18-19H,3-4,7-8,11H2/t12?,13-,14-,16?,18-,19-/m0/s1. The molecule has 3 fully saturated rings. The van der Waals surface area contributed by atoms with Gasteiger partial charge in [0.1, 0.15) is 5.75 Å². The predicted octanol–water partition coefficient (Wildman–Crippen LogP) is 3.72. The molecule has 0 N–H and O–H groups in total. The molecule has 0 radical (unpaired) electrons. The second-order valence-electron chi connectivity index (χ2n) is 8.43. The largest absolute Gasteiger partial charge is 0.426 e. The first-order valence-corrected chi connectivity index (χ1v) is 10.8. The SMILES string of the molecule is O=C(Oc1ccc(Br)cc1)C1CCC(N2C(=O)[C@@H]3[C@@H](C2=O)[C@H]2C=C[C@H]3C2)CC1. The van der Waals surface area contributed by atoms with Crippen molar-refractivity contribution in [1.82, 2.24) is 4.90 Å². The zero-order valence-electron chi connectivity index (χ0n) is 15.4. The van der Waals surface area contributed by atoms with Gasteiger partial charge in [-0.1, -0.05) is 28.1 Å². The van der Waals surface area contributed by atoms with Gasteiger partial charge in [0, 0.05) is 10.5 Å². The number of carbonyl (C=O) groups is 3. The van der Waals surface area contributed by atoms with Crippen molar-refractivity contribution >= 4 is 33.7 Å². The minimum atomic E-state index is -0.223. The summed E-state index contributed by atoms with van der Waals surface area (Å²) in [4.78, 5) is 39.9. The number of ether oxygens (including phenoxy) is 1. The number of nitrogens with zero attached hydrogens (tertiary/aromatic N) is 1. The molecule has 0 aromatic heterocycles. The summed E-state index contributed by atoms with van der Waals surface area (Å²) in [6.07, 6.45) is 7.86. The number of hydrogen-bond acceptors (Lipinski definition) is 4. The molecule has 28 heavy (non-hydrogen) atoms. The third kappa shape index (κ3) is 2.84. The average molecular weight is 444 g/mol. The number of benzene rings is 1. The van der Waals surface area contributed by atoms with Crippen LogP contribution in [0, 0.1) is 29.6 Å². The van der Waals surface area contributed by atoms with Gasteiger partial charge in [0.15, 0.2) is 0 Å². The fourth-order valence-electron chi connectivity index (χ4n) is 5.56. The molecule has 1 aromatic carbocycles. The molecule has 1 saturated heterocycles. The molecular weight excluding hydrogens is 422 g/mol. The van der Waals surface area contributed by atoms with Crippen molar-refractivity contribution in [2.75, 3.05) is 0 Å². The topological polar surface area (TPSA) is 63.7 Å². The van der Waals surface area contributed by atoms with Crippen LogP contribution in [0.5, 0.6) is 5.75 Å².